The Labute approximate surface area is 80.2 Å². The second-order valence-corrected chi connectivity index (χ2v) is 3.96. The molecule has 0 spiro atoms. The van der Waals surface area contributed by atoms with Crippen molar-refractivity contribution in [1.29, 1.82) is 0 Å². The molecule has 0 saturated heterocycles. The van der Waals surface area contributed by atoms with Gasteiger partial charge in [0.05, 0.1) is 19.3 Å². The first-order chi connectivity index (χ1) is 6.31. The summed E-state index contributed by atoms with van der Waals surface area (Å²) in [7, 11) is 0. The topological polar surface area (TPSA) is 52.5 Å². The Morgan fingerprint density at radius 2 is 1.92 bits per heavy atom. The van der Waals surface area contributed by atoms with E-state index in [4.69, 9.17) is 10.2 Å². The lowest BCUT2D eigenvalue weighted by Gasteiger charge is -2.22. The van der Waals surface area contributed by atoms with Crippen molar-refractivity contribution in [2.45, 2.75) is 44.7 Å². The van der Waals surface area contributed by atoms with E-state index in [0.29, 0.717) is 6.04 Å². The maximum Gasteiger partial charge on any atom is 0.0607 e. The van der Waals surface area contributed by atoms with E-state index in [9.17, 15) is 0 Å². The normalized spacial score (nSPS) is 19.4. The van der Waals surface area contributed by atoms with Gasteiger partial charge in [-0.3, -0.25) is 0 Å². The standard InChI is InChI=1S/C10H21NO2/c1-2-3-10(8-4-5-8)11-9(6-12)7-13/h8-13H,2-7H2,1H3. The summed E-state index contributed by atoms with van der Waals surface area (Å²) in [5.74, 6) is 0.792. The van der Waals surface area contributed by atoms with Crippen molar-refractivity contribution in [3.63, 3.8) is 0 Å². The Kier molecular flexibility index (Phi) is 4.70. The quantitative estimate of drug-likeness (QED) is 0.544. The number of aliphatic hydroxyl groups is 2. The number of nitrogens with one attached hydrogen (secondary N) is 1. The number of hydrogen-bond acceptors (Lipinski definition) is 3. The molecule has 1 unspecified atom stereocenters. The highest BCUT2D eigenvalue weighted by molar-refractivity contribution is 4.87. The van der Waals surface area contributed by atoms with Crippen LogP contribution in [0.1, 0.15) is 32.6 Å². The van der Waals surface area contributed by atoms with E-state index in [1.54, 1.807) is 0 Å². The fourth-order valence-electron chi connectivity index (χ4n) is 1.73. The van der Waals surface area contributed by atoms with Gasteiger partial charge in [0.2, 0.25) is 0 Å². The zero-order valence-corrected chi connectivity index (χ0v) is 8.37. The van der Waals surface area contributed by atoms with Crippen molar-refractivity contribution in [1.82, 2.24) is 5.32 Å². The van der Waals surface area contributed by atoms with E-state index >= 15 is 0 Å². The zero-order valence-electron chi connectivity index (χ0n) is 8.37. The monoisotopic (exact) mass is 187 g/mol. The Bertz CT molecular complexity index is 133. The molecular formula is C10H21NO2. The minimum Gasteiger partial charge on any atom is -0.395 e. The van der Waals surface area contributed by atoms with Gasteiger partial charge < -0.3 is 15.5 Å². The third-order valence-corrected chi connectivity index (χ3v) is 2.68. The van der Waals surface area contributed by atoms with Crippen LogP contribution in [0.15, 0.2) is 0 Å². The molecule has 0 heterocycles. The van der Waals surface area contributed by atoms with E-state index in [2.05, 4.69) is 12.2 Å². The molecule has 1 saturated carbocycles. The van der Waals surface area contributed by atoms with Crippen LogP contribution in [0.2, 0.25) is 0 Å². The molecule has 0 aromatic rings. The van der Waals surface area contributed by atoms with Crippen LogP contribution >= 0.6 is 0 Å². The van der Waals surface area contributed by atoms with Crippen LogP contribution in [0.25, 0.3) is 0 Å². The Hall–Kier alpha value is -0.120. The summed E-state index contributed by atoms with van der Waals surface area (Å²) < 4.78 is 0. The highest BCUT2D eigenvalue weighted by Crippen LogP contribution is 2.34. The Morgan fingerprint density at radius 3 is 2.31 bits per heavy atom. The number of aliphatic hydroxyl groups excluding tert-OH is 2. The Balaban J connectivity index is 2.27. The molecule has 0 radical (unpaired) electrons. The summed E-state index contributed by atoms with van der Waals surface area (Å²) in [5, 5.41) is 21.2. The van der Waals surface area contributed by atoms with Gasteiger partial charge in [-0.15, -0.1) is 0 Å². The van der Waals surface area contributed by atoms with E-state index < -0.39 is 0 Å². The second-order valence-electron chi connectivity index (χ2n) is 3.96. The molecule has 0 aliphatic heterocycles. The molecule has 78 valence electrons. The second kappa shape index (κ2) is 5.58. The molecule has 0 aromatic heterocycles. The molecule has 3 N–H and O–H groups in total. The van der Waals surface area contributed by atoms with E-state index in [0.717, 1.165) is 18.8 Å². The first-order valence-electron chi connectivity index (χ1n) is 5.29. The zero-order chi connectivity index (χ0) is 9.68. The number of rotatable bonds is 7. The molecule has 1 atom stereocenters. The van der Waals surface area contributed by atoms with Crippen LogP contribution < -0.4 is 5.32 Å². The van der Waals surface area contributed by atoms with Gasteiger partial charge in [0.1, 0.15) is 0 Å². The fraction of sp³-hybridized carbons (Fsp3) is 1.00. The van der Waals surface area contributed by atoms with Gasteiger partial charge in [0.25, 0.3) is 0 Å². The van der Waals surface area contributed by atoms with Gasteiger partial charge in [0.15, 0.2) is 0 Å². The largest absolute Gasteiger partial charge is 0.395 e. The lowest BCUT2D eigenvalue weighted by molar-refractivity contribution is 0.157. The minimum atomic E-state index is -0.128. The van der Waals surface area contributed by atoms with Crippen LogP contribution in [0.3, 0.4) is 0 Å². The van der Waals surface area contributed by atoms with Gasteiger partial charge in [-0.25, -0.2) is 0 Å². The van der Waals surface area contributed by atoms with Crippen molar-refractivity contribution in [3.8, 4) is 0 Å². The molecule has 0 bridgehead atoms. The number of hydrogen-bond donors (Lipinski definition) is 3. The summed E-state index contributed by atoms with van der Waals surface area (Å²) in [6.07, 6.45) is 4.93. The maximum atomic E-state index is 8.92. The predicted octanol–water partition coefficient (Wildman–Crippen LogP) is 0.508. The molecule has 1 aliphatic carbocycles. The summed E-state index contributed by atoms with van der Waals surface area (Å²) in [4.78, 5) is 0. The molecule has 1 rings (SSSR count). The van der Waals surface area contributed by atoms with Gasteiger partial charge in [0, 0.05) is 6.04 Å². The molecule has 0 aromatic carbocycles. The van der Waals surface area contributed by atoms with Crippen molar-refractivity contribution in [2.24, 2.45) is 5.92 Å². The fourth-order valence-corrected chi connectivity index (χ4v) is 1.73. The third-order valence-electron chi connectivity index (χ3n) is 2.68. The molecule has 1 fully saturated rings. The third kappa shape index (κ3) is 3.63. The van der Waals surface area contributed by atoms with E-state index in [1.165, 1.54) is 12.8 Å². The summed E-state index contributed by atoms with van der Waals surface area (Å²) in [6.45, 7) is 2.23. The minimum absolute atomic E-state index is 0.0312. The van der Waals surface area contributed by atoms with Crippen LogP contribution in [0.5, 0.6) is 0 Å². The average Bonchev–Trinajstić information content (AvgIpc) is 2.95. The van der Waals surface area contributed by atoms with E-state index in [-0.39, 0.29) is 19.3 Å². The van der Waals surface area contributed by atoms with Crippen molar-refractivity contribution in [2.75, 3.05) is 13.2 Å². The lowest BCUT2D eigenvalue weighted by atomic mass is 10.1. The average molecular weight is 187 g/mol. The smallest absolute Gasteiger partial charge is 0.0607 e. The van der Waals surface area contributed by atoms with Crippen LogP contribution in [0.4, 0.5) is 0 Å². The summed E-state index contributed by atoms with van der Waals surface area (Å²) in [6, 6.07) is 0.381. The summed E-state index contributed by atoms with van der Waals surface area (Å²) in [5.41, 5.74) is 0. The highest BCUT2D eigenvalue weighted by Gasteiger charge is 2.31. The molecule has 13 heavy (non-hydrogen) atoms. The predicted molar refractivity (Wildman–Crippen MR) is 52.5 cm³/mol. The van der Waals surface area contributed by atoms with Crippen molar-refractivity contribution >= 4 is 0 Å². The molecule has 3 nitrogen and oxygen atoms in total. The van der Waals surface area contributed by atoms with E-state index in [1.807, 2.05) is 0 Å². The van der Waals surface area contributed by atoms with Crippen LogP contribution in [-0.4, -0.2) is 35.5 Å². The molecular weight excluding hydrogens is 166 g/mol. The SMILES string of the molecule is CCCC(NC(CO)CO)C1CC1. The van der Waals surface area contributed by atoms with Crippen LogP contribution in [0, 0.1) is 5.92 Å². The van der Waals surface area contributed by atoms with Gasteiger partial charge in [-0.05, 0) is 25.2 Å². The van der Waals surface area contributed by atoms with Gasteiger partial charge in [-0.2, -0.15) is 0 Å². The summed E-state index contributed by atoms with van der Waals surface area (Å²) >= 11 is 0. The molecule has 3 heteroatoms. The van der Waals surface area contributed by atoms with Crippen molar-refractivity contribution < 1.29 is 10.2 Å². The Morgan fingerprint density at radius 1 is 1.31 bits per heavy atom. The highest BCUT2D eigenvalue weighted by atomic mass is 16.3. The maximum absolute atomic E-state index is 8.92. The van der Waals surface area contributed by atoms with Gasteiger partial charge in [-0.1, -0.05) is 13.3 Å². The lowest BCUT2D eigenvalue weighted by Crippen LogP contribution is -2.43. The van der Waals surface area contributed by atoms with Crippen molar-refractivity contribution in [3.05, 3.63) is 0 Å². The first-order valence-corrected chi connectivity index (χ1v) is 5.29. The van der Waals surface area contributed by atoms with Gasteiger partial charge >= 0.3 is 0 Å². The molecule has 0 amide bonds. The molecule has 1 aliphatic rings. The first kappa shape index (κ1) is 11.0. The van der Waals surface area contributed by atoms with Crippen LogP contribution in [-0.2, 0) is 0 Å².